The number of amides is 2. The topological polar surface area (TPSA) is 75.3 Å². The largest absolute Gasteiger partial charge is 0.329 e. The Labute approximate surface area is 187 Å². The second kappa shape index (κ2) is 9.49. The molecule has 6 heteroatoms. The van der Waals surface area contributed by atoms with Gasteiger partial charge in [0.2, 0.25) is 0 Å². The van der Waals surface area contributed by atoms with Crippen LogP contribution in [0.1, 0.15) is 17.2 Å². The van der Waals surface area contributed by atoms with Crippen LogP contribution in [-0.2, 0) is 10.0 Å². The van der Waals surface area contributed by atoms with Crippen molar-refractivity contribution in [1.82, 2.24) is 10.0 Å². The highest BCUT2D eigenvalue weighted by Gasteiger charge is 2.22. The van der Waals surface area contributed by atoms with Crippen molar-refractivity contribution >= 4 is 16.1 Å². The molecule has 0 radical (unpaired) electrons. The van der Waals surface area contributed by atoms with Gasteiger partial charge < -0.3 is 5.32 Å². The maximum atomic E-state index is 12.8. The van der Waals surface area contributed by atoms with Crippen LogP contribution in [0.5, 0.6) is 0 Å². The Bertz CT molecular complexity index is 1240. The fourth-order valence-corrected chi connectivity index (χ4v) is 4.36. The lowest BCUT2D eigenvalue weighted by molar-refractivity contribution is 0.243. The van der Waals surface area contributed by atoms with Crippen LogP contribution in [0.4, 0.5) is 4.79 Å². The van der Waals surface area contributed by atoms with Gasteiger partial charge in [-0.05, 0) is 34.4 Å². The minimum atomic E-state index is -4.03. The average Bonchev–Trinajstić information content (AvgIpc) is 2.84. The van der Waals surface area contributed by atoms with Crippen molar-refractivity contribution in [2.75, 3.05) is 0 Å². The lowest BCUT2D eigenvalue weighted by Crippen LogP contribution is -2.41. The Hall–Kier alpha value is -3.90. The summed E-state index contributed by atoms with van der Waals surface area (Å²) >= 11 is 0. The monoisotopic (exact) mass is 442 g/mol. The van der Waals surface area contributed by atoms with Crippen LogP contribution < -0.4 is 10.0 Å². The molecule has 160 valence electrons. The standard InChI is InChI=1S/C26H22N2O3S/c29-26(27-25(22-12-6-2-7-13-22)23-14-8-3-9-15-23)28-32(30,31)24-18-16-21(17-19-24)20-10-4-1-5-11-20/h1-19,25H,(H2,27,28,29). The molecule has 4 aromatic rings. The predicted octanol–water partition coefficient (Wildman–Crippen LogP) is 5.13. The number of rotatable bonds is 6. The fraction of sp³-hybridized carbons (Fsp3) is 0.0385. The molecule has 0 saturated carbocycles. The summed E-state index contributed by atoms with van der Waals surface area (Å²) in [5.74, 6) is 0. The number of nitrogens with one attached hydrogen (secondary N) is 2. The number of carbonyl (C=O) groups is 1. The van der Waals surface area contributed by atoms with Gasteiger partial charge in [0.25, 0.3) is 10.0 Å². The molecule has 0 aliphatic heterocycles. The van der Waals surface area contributed by atoms with Crippen molar-refractivity contribution < 1.29 is 13.2 Å². The van der Waals surface area contributed by atoms with Crippen molar-refractivity contribution in [2.24, 2.45) is 0 Å². The lowest BCUT2D eigenvalue weighted by atomic mass is 9.99. The molecule has 0 unspecified atom stereocenters. The van der Waals surface area contributed by atoms with E-state index in [4.69, 9.17) is 0 Å². The highest BCUT2D eigenvalue weighted by atomic mass is 32.2. The van der Waals surface area contributed by atoms with Crippen LogP contribution in [0, 0.1) is 0 Å². The van der Waals surface area contributed by atoms with Crippen molar-refractivity contribution in [3.05, 3.63) is 126 Å². The van der Waals surface area contributed by atoms with Gasteiger partial charge in [0, 0.05) is 0 Å². The molecule has 4 rings (SSSR count). The third kappa shape index (κ3) is 5.04. The van der Waals surface area contributed by atoms with Crippen LogP contribution in [0.25, 0.3) is 11.1 Å². The minimum absolute atomic E-state index is 0.0169. The molecule has 0 atom stereocenters. The van der Waals surface area contributed by atoms with E-state index in [0.717, 1.165) is 22.3 Å². The van der Waals surface area contributed by atoms with Gasteiger partial charge in [-0.1, -0.05) is 103 Å². The molecular weight excluding hydrogens is 420 g/mol. The van der Waals surface area contributed by atoms with Crippen molar-refractivity contribution in [3.63, 3.8) is 0 Å². The summed E-state index contributed by atoms with van der Waals surface area (Å²) in [7, 11) is -4.03. The summed E-state index contributed by atoms with van der Waals surface area (Å²) in [5, 5.41) is 2.78. The zero-order valence-electron chi connectivity index (χ0n) is 17.2. The first-order valence-corrected chi connectivity index (χ1v) is 11.6. The van der Waals surface area contributed by atoms with Gasteiger partial charge >= 0.3 is 6.03 Å². The van der Waals surface area contributed by atoms with Crippen LogP contribution in [0.15, 0.2) is 120 Å². The molecule has 0 spiro atoms. The van der Waals surface area contributed by atoms with Gasteiger partial charge in [-0.15, -0.1) is 0 Å². The summed E-state index contributed by atoms with van der Waals surface area (Å²) in [5.41, 5.74) is 3.56. The van der Waals surface area contributed by atoms with Crippen LogP contribution in [0.3, 0.4) is 0 Å². The quantitative estimate of drug-likeness (QED) is 0.435. The number of sulfonamides is 1. The van der Waals surface area contributed by atoms with E-state index in [-0.39, 0.29) is 4.90 Å². The Morgan fingerprint density at radius 3 is 1.53 bits per heavy atom. The number of hydrogen-bond acceptors (Lipinski definition) is 3. The van der Waals surface area contributed by atoms with Gasteiger partial charge in [-0.3, -0.25) is 0 Å². The third-order valence-corrected chi connectivity index (χ3v) is 6.39. The number of hydrogen-bond donors (Lipinski definition) is 2. The molecule has 0 bridgehead atoms. The SMILES string of the molecule is O=C(NC(c1ccccc1)c1ccccc1)NS(=O)(=O)c1ccc(-c2ccccc2)cc1. The summed E-state index contributed by atoms with van der Waals surface area (Å²) in [6.45, 7) is 0. The minimum Gasteiger partial charge on any atom is -0.326 e. The highest BCUT2D eigenvalue weighted by molar-refractivity contribution is 7.90. The number of urea groups is 1. The fourth-order valence-electron chi connectivity index (χ4n) is 3.45. The van der Waals surface area contributed by atoms with Gasteiger partial charge in [-0.25, -0.2) is 17.9 Å². The first-order chi connectivity index (χ1) is 15.5. The molecule has 0 aliphatic rings. The Morgan fingerprint density at radius 2 is 1.03 bits per heavy atom. The predicted molar refractivity (Wildman–Crippen MR) is 125 cm³/mol. The van der Waals surface area contributed by atoms with Crippen LogP contribution in [-0.4, -0.2) is 14.4 Å². The smallest absolute Gasteiger partial charge is 0.326 e. The zero-order valence-corrected chi connectivity index (χ0v) is 18.0. The van der Waals surface area contributed by atoms with E-state index in [0.29, 0.717) is 0 Å². The maximum Gasteiger partial charge on any atom is 0.329 e. The molecule has 0 heterocycles. The molecule has 0 fully saturated rings. The molecule has 5 nitrogen and oxygen atoms in total. The second-order valence-corrected chi connectivity index (χ2v) is 8.91. The first-order valence-electron chi connectivity index (χ1n) is 10.1. The Kier molecular flexibility index (Phi) is 6.33. The van der Waals surface area contributed by atoms with Gasteiger partial charge in [0.05, 0.1) is 10.9 Å². The summed E-state index contributed by atoms with van der Waals surface area (Å²) in [6, 6.07) is 33.6. The molecule has 0 aliphatic carbocycles. The lowest BCUT2D eigenvalue weighted by Gasteiger charge is -2.20. The van der Waals surface area contributed by atoms with E-state index in [1.165, 1.54) is 12.1 Å². The molecule has 32 heavy (non-hydrogen) atoms. The van der Waals surface area contributed by atoms with Gasteiger partial charge in [0.15, 0.2) is 0 Å². The van der Waals surface area contributed by atoms with Crippen LogP contribution in [0.2, 0.25) is 0 Å². The van der Waals surface area contributed by atoms with E-state index < -0.39 is 22.1 Å². The van der Waals surface area contributed by atoms with Crippen molar-refractivity contribution in [2.45, 2.75) is 10.9 Å². The van der Waals surface area contributed by atoms with Crippen molar-refractivity contribution in [1.29, 1.82) is 0 Å². The van der Waals surface area contributed by atoms with Crippen molar-refractivity contribution in [3.8, 4) is 11.1 Å². The van der Waals surface area contributed by atoms with Gasteiger partial charge in [-0.2, -0.15) is 0 Å². The molecule has 2 N–H and O–H groups in total. The summed E-state index contributed by atoms with van der Waals surface area (Å²) in [6.07, 6.45) is 0. The van der Waals surface area contributed by atoms with E-state index in [9.17, 15) is 13.2 Å². The number of carbonyl (C=O) groups excluding carboxylic acids is 1. The molecule has 0 aromatic heterocycles. The normalized spacial score (nSPS) is 11.2. The van der Waals surface area contributed by atoms with Crippen LogP contribution >= 0.6 is 0 Å². The van der Waals surface area contributed by atoms with E-state index in [1.807, 2.05) is 91.0 Å². The Morgan fingerprint density at radius 1 is 0.594 bits per heavy atom. The van der Waals surface area contributed by atoms with E-state index >= 15 is 0 Å². The zero-order chi connectivity index (χ0) is 22.4. The van der Waals surface area contributed by atoms with E-state index in [2.05, 4.69) is 10.0 Å². The molecule has 2 amide bonds. The molecule has 4 aromatic carbocycles. The molecule has 0 saturated heterocycles. The van der Waals surface area contributed by atoms with Gasteiger partial charge in [0.1, 0.15) is 0 Å². The Balaban J connectivity index is 1.52. The average molecular weight is 443 g/mol. The maximum absolute atomic E-state index is 12.8. The summed E-state index contributed by atoms with van der Waals surface area (Å²) < 4.78 is 27.7. The summed E-state index contributed by atoms with van der Waals surface area (Å²) in [4.78, 5) is 12.7. The third-order valence-electron chi connectivity index (χ3n) is 5.04. The molecular formula is C26H22N2O3S. The second-order valence-electron chi connectivity index (χ2n) is 7.22. The number of benzene rings is 4. The highest BCUT2D eigenvalue weighted by Crippen LogP contribution is 2.23. The first kappa shape index (κ1) is 21.3. The van der Waals surface area contributed by atoms with E-state index in [1.54, 1.807) is 12.1 Å².